The molecule has 2 aromatic rings. The number of likely N-dealkylation sites (N-methyl/N-ethyl adjacent to an activating group) is 1. The molecule has 1 amide bonds. The van der Waals surface area contributed by atoms with Gasteiger partial charge in [-0.15, -0.1) is 4.98 Å². The van der Waals surface area contributed by atoms with Crippen molar-refractivity contribution < 1.29 is 17.6 Å². The summed E-state index contributed by atoms with van der Waals surface area (Å²) in [5, 5.41) is 2.74. The predicted molar refractivity (Wildman–Crippen MR) is 128 cm³/mol. The number of anilines is 1. The maximum atomic E-state index is 14.5. The number of hydrogen-bond acceptors (Lipinski definition) is 5. The summed E-state index contributed by atoms with van der Waals surface area (Å²) in [6.45, 7) is 12.7. The number of pyridine rings is 1. The molecule has 34 heavy (non-hydrogen) atoms. The van der Waals surface area contributed by atoms with Gasteiger partial charge in [0.05, 0.1) is 5.69 Å². The van der Waals surface area contributed by atoms with Crippen LogP contribution in [0.25, 0.3) is 16.0 Å². The van der Waals surface area contributed by atoms with Crippen LogP contribution in [0.1, 0.15) is 31.7 Å². The van der Waals surface area contributed by atoms with E-state index in [4.69, 9.17) is 6.57 Å². The van der Waals surface area contributed by atoms with Crippen molar-refractivity contribution in [3.63, 3.8) is 0 Å². The average molecular weight is 486 g/mol. The van der Waals surface area contributed by atoms with Crippen LogP contribution in [0.2, 0.25) is 0 Å². The van der Waals surface area contributed by atoms with Crippen molar-refractivity contribution in [3.05, 3.63) is 53.3 Å². The number of carbonyl (C=O) groups is 1. The van der Waals surface area contributed by atoms with Crippen LogP contribution in [0.3, 0.4) is 0 Å². The van der Waals surface area contributed by atoms with Crippen LogP contribution in [0, 0.1) is 18.3 Å². The molecule has 1 aromatic carbocycles. The minimum Gasteiger partial charge on any atom is -0.361 e. The number of nitrogens with zero attached hydrogens (tertiary/aromatic N) is 4. The Morgan fingerprint density at radius 3 is 2.76 bits per heavy atom. The van der Waals surface area contributed by atoms with Crippen LogP contribution < -0.4 is 5.32 Å². The summed E-state index contributed by atoms with van der Waals surface area (Å²) >= 11 is 0. The molecular formula is C24H28FN5O3S. The fourth-order valence-corrected chi connectivity index (χ4v) is 6.28. The van der Waals surface area contributed by atoms with E-state index in [1.165, 1.54) is 28.7 Å². The van der Waals surface area contributed by atoms with Gasteiger partial charge in [0.15, 0.2) is 0 Å². The zero-order valence-electron chi connectivity index (χ0n) is 19.5. The van der Waals surface area contributed by atoms with E-state index in [1.807, 2.05) is 20.9 Å². The molecule has 2 saturated heterocycles. The summed E-state index contributed by atoms with van der Waals surface area (Å²) in [6.07, 6.45) is 2.40. The molecule has 1 aromatic heterocycles. The van der Waals surface area contributed by atoms with Crippen molar-refractivity contribution in [1.29, 1.82) is 0 Å². The lowest BCUT2D eigenvalue weighted by molar-refractivity contribution is -0.113. The summed E-state index contributed by atoms with van der Waals surface area (Å²) in [5.41, 5.74) is 1.77. The molecule has 2 aliphatic heterocycles. The van der Waals surface area contributed by atoms with Crippen molar-refractivity contribution in [3.8, 4) is 11.1 Å². The second-order valence-electron chi connectivity index (χ2n) is 9.30. The maximum absolute atomic E-state index is 14.5. The molecule has 0 saturated carbocycles. The topological polar surface area (TPSA) is 87.0 Å². The number of amides is 1. The van der Waals surface area contributed by atoms with Gasteiger partial charge in [-0.2, -0.15) is 4.31 Å². The number of fused-ring (bicyclic) bond motifs is 1. The molecule has 8 nitrogen and oxygen atoms in total. The normalized spacial score (nSPS) is 20.9. The molecule has 1 N–H and O–H groups in total. The lowest BCUT2D eigenvalue weighted by Crippen LogP contribution is -2.38. The van der Waals surface area contributed by atoms with Crippen LogP contribution in [0.5, 0.6) is 0 Å². The summed E-state index contributed by atoms with van der Waals surface area (Å²) in [4.78, 5) is 22.4. The van der Waals surface area contributed by atoms with Crippen LogP contribution in [-0.2, 0) is 14.8 Å². The first-order chi connectivity index (χ1) is 16.1. The van der Waals surface area contributed by atoms with Crippen molar-refractivity contribution >= 4 is 27.4 Å². The summed E-state index contributed by atoms with van der Waals surface area (Å²) in [6, 6.07) is 5.94. The van der Waals surface area contributed by atoms with E-state index in [0.717, 1.165) is 13.0 Å². The van der Waals surface area contributed by atoms with Gasteiger partial charge >= 0.3 is 0 Å². The number of halogens is 1. The predicted octanol–water partition coefficient (Wildman–Crippen LogP) is 3.47. The fourth-order valence-electron chi connectivity index (χ4n) is 4.89. The SMILES string of the molecule is [C-]#[N+]c1cc(-c2cc(F)cc(C(C)C)c2NC(=O)CS(=O)(=O)N2CC3CCN(C)C3C2)ccn1. The van der Waals surface area contributed by atoms with Crippen LogP contribution in [-0.4, -0.2) is 67.0 Å². The van der Waals surface area contributed by atoms with Crippen LogP contribution in [0.4, 0.5) is 15.9 Å². The van der Waals surface area contributed by atoms with Crippen LogP contribution >= 0.6 is 0 Å². The molecule has 0 bridgehead atoms. The van der Waals surface area contributed by atoms with E-state index in [0.29, 0.717) is 41.4 Å². The molecule has 2 aliphatic rings. The minimum atomic E-state index is -3.80. The number of aromatic nitrogens is 1. The summed E-state index contributed by atoms with van der Waals surface area (Å²) in [7, 11) is -1.81. The Kier molecular flexibility index (Phi) is 6.71. The van der Waals surface area contributed by atoms with Gasteiger partial charge in [0, 0.05) is 24.7 Å². The van der Waals surface area contributed by atoms with Crippen molar-refractivity contribution in [2.24, 2.45) is 5.92 Å². The van der Waals surface area contributed by atoms with E-state index < -0.39 is 27.5 Å². The first-order valence-electron chi connectivity index (χ1n) is 11.2. The molecule has 0 radical (unpaired) electrons. The van der Waals surface area contributed by atoms with Gasteiger partial charge in [-0.25, -0.2) is 12.8 Å². The third-order valence-corrected chi connectivity index (χ3v) is 8.40. The van der Waals surface area contributed by atoms with Crippen LogP contribution in [0.15, 0.2) is 30.5 Å². The number of sulfonamides is 1. The molecular weight excluding hydrogens is 457 g/mol. The highest BCUT2D eigenvalue weighted by Crippen LogP contribution is 2.37. The zero-order chi connectivity index (χ0) is 24.6. The van der Waals surface area contributed by atoms with E-state index in [-0.39, 0.29) is 17.8 Å². The smallest absolute Gasteiger partial charge is 0.270 e. The number of rotatable bonds is 6. The monoisotopic (exact) mass is 485 g/mol. The Morgan fingerprint density at radius 1 is 1.32 bits per heavy atom. The third-order valence-electron chi connectivity index (χ3n) is 6.69. The standard InChI is InChI=1S/C24H28FN5O3S/c1-15(2)19-10-18(25)11-20(16-5-7-27-22(9-16)26-3)24(19)28-23(31)14-34(32,33)30-12-17-6-8-29(4)21(17)13-30/h5,7,9-11,15,17,21H,6,8,12-14H2,1-2,4H3,(H,28,31). The van der Waals surface area contributed by atoms with E-state index in [1.54, 1.807) is 6.07 Å². The average Bonchev–Trinajstić information content (AvgIpc) is 3.37. The highest BCUT2D eigenvalue weighted by molar-refractivity contribution is 7.89. The third kappa shape index (κ3) is 4.82. The number of nitrogens with one attached hydrogen (secondary N) is 1. The molecule has 2 fully saturated rings. The van der Waals surface area contributed by atoms with Gasteiger partial charge in [0.1, 0.15) is 17.8 Å². The van der Waals surface area contributed by atoms with Gasteiger partial charge in [-0.3, -0.25) is 4.79 Å². The molecule has 4 rings (SSSR count). The quantitative estimate of drug-likeness (QED) is 0.634. The molecule has 0 aliphatic carbocycles. The summed E-state index contributed by atoms with van der Waals surface area (Å²) in [5.74, 6) is -1.57. The van der Waals surface area contributed by atoms with E-state index in [9.17, 15) is 17.6 Å². The number of benzene rings is 1. The number of hydrogen-bond donors (Lipinski definition) is 1. The molecule has 2 unspecified atom stereocenters. The van der Waals surface area contributed by atoms with Crippen molar-refractivity contribution in [1.82, 2.24) is 14.2 Å². The minimum absolute atomic E-state index is 0.136. The van der Waals surface area contributed by atoms with Gasteiger partial charge < -0.3 is 15.1 Å². The molecule has 180 valence electrons. The van der Waals surface area contributed by atoms with Gasteiger partial charge in [-0.05, 0) is 67.2 Å². The largest absolute Gasteiger partial charge is 0.361 e. The van der Waals surface area contributed by atoms with Gasteiger partial charge in [0.25, 0.3) is 5.82 Å². The van der Waals surface area contributed by atoms with Crippen molar-refractivity contribution in [2.75, 3.05) is 37.8 Å². The van der Waals surface area contributed by atoms with Crippen molar-refractivity contribution in [2.45, 2.75) is 32.2 Å². The van der Waals surface area contributed by atoms with Gasteiger partial charge in [0.2, 0.25) is 15.9 Å². The molecule has 0 spiro atoms. The lowest BCUT2D eigenvalue weighted by Gasteiger charge is -2.21. The van der Waals surface area contributed by atoms with Gasteiger partial charge in [-0.1, -0.05) is 20.4 Å². The zero-order valence-corrected chi connectivity index (χ0v) is 20.3. The fraction of sp³-hybridized carbons (Fsp3) is 0.458. The Labute approximate surface area is 199 Å². The first-order valence-corrected chi connectivity index (χ1v) is 12.8. The highest BCUT2D eigenvalue weighted by Gasteiger charge is 2.44. The second kappa shape index (κ2) is 9.41. The Morgan fingerprint density at radius 2 is 2.09 bits per heavy atom. The number of carbonyl (C=O) groups excluding carboxylic acids is 1. The van der Waals surface area contributed by atoms with E-state index in [2.05, 4.69) is 20.0 Å². The first kappa shape index (κ1) is 24.3. The lowest BCUT2D eigenvalue weighted by atomic mass is 9.94. The summed E-state index contributed by atoms with van der Waals surface area (Å²) < 4.78 is 42.0. The molecule has 3 heterocycles. The Bertz CT molecular complexity index is 1260. The Balaban J connectivity index is 1.61. The highest BCUT2D eigenvalue weighted by atomic mass is 32.2. The second-order valence-corrected chi connectivity index (χ2v) is 11.3. The van der Waals surface area contributed by atoms with E-state index >= 15 is 0 Å². The molecule has 2 atom stereocenters. The Hall–Kier alpha value is -2.87. The molecule has 10 heteroatoms. The number of likely N-dealkylation sites (tertiary alicyclic amines) is 1. The maximum Gasteiger partial charge on any atom is 0.270 e.